The Kier molecular flexibility index (Phi) is 3.81. The minimum absolute atomic E-state index is 0.109. The lowest BCUT2D eigenvalue weighted by Gasteiger charge is -2.26. The van der Waals surface area contributed by atoms with Crippen LogP contribution in [0.15, 0.2) is 67.1 Å². The molecule has 1 amide bonds. The average molecular weight is 411 g/mol. The zero-order chi connectivity index (χ0) is 21.1. The van der Waals surface area contributed by atoms with Crippen LogP contribution in [-0.4, -0.2) is 39.8 Å². The molecule has 4 heterocycles. The summed E-state index contributed by atoms with van der Waals surface area (Å²) < 4.78 is 5.78. The highest BCUT2D eigenvalue weighted by atomic mass is 16.6. The van der Waals surface area contributed by atoms with E-state index < -0.39 is 11.0 Å². The first kappa shape index (κ1) is 18.2. The summed E-state index contributed by atoms with van der Waals surface area (Å²) in [4.78, 5) is 36.4. The third-order valence-electron chi connectivity index (χ3n) is 6.88. The maximum atomic E-state index is 13.6. The van der Waals surface area contributed by atoms with Crippen LogP contribution in [0.3, 0.4) is 0 Å². The van der Waals surface area contributed by atoms with Gasteiger partial charge in [-0.05, 0) is 30.5 Å². The Bertz CT molecular complexity index is 1190. The van der Waals surface area contributed by atoms with Crippen molar-refractivity contribution in [3.05, 3.63) is 83.8 Å². The van der Waals surface area contributed by atoms with Gasteiger partial charge in [0, 0.05) is 42.7 Å². The molecule has 1 atom stereocenters. The molecule has 6 rings (SSSR count). The second-order valence-electron chi connectivity index (χ2n) is 8.66. The molecule has 1 spiro atoms. The Morgan fingerprint density at radius 1 is 1.00 bits per heavy atom. The largest absolute Gasteiger partial charge is 0.449 e. The Balaban J connectivity index is 1.25. The number of rotatable bonds is 3. The lowest BCUT2D eigenvalue weighted by molar-refractivity contribution is -0.134. The van der Waals surface area contributed by atoms with Crippen molar-refractivity contribution in [1.82, 2.24) is 14.9 Å². The van der Waals surface area contributed by atoms with Gasteiger partial charge >= 0.3 is 5.97 Å². The monoisotopic (exact) mass is 411 g/mol. The van der Waals surface area contributed by atoms with E-state index in [-0.39, 0.29) is 11.9 Å². The number of pyridine rings is 2. The number of benzene rings is 1. The first-order valence-electron chi connectivity index (χ1n) is 10.6. The van der Waals surface area contributed by atoms with Crippen molar-refractivity contribution in [2.45, 2.75) is 30.3 Å². The molecule has 1 unspecified atom stereocenters. The maximum absolute atomic E-state index is 13.6. The molecular formula is C25H21N3O3. The average Bonchev–Trinajstić information content (AvgIpc) is 3.46. The number of amides is 1. The molecule has 1 saturated carbocycles. The van der Waals surface area contributed by atoms with Gasteiger partial charge in [-0.2, -0.15) is 0 Å². The van der Waals surface area contributed by atoms with E-state index in [1.165, 1.54) is 0 Å². The Morgan fingerprint density at radius 2 is 1.84 bits per heavy atom. The Hall–Kier alpha value is -3.54. The van der Waals surface area contributed by atoms with Gasteiger partial charge in [-0.25, -0.2) is 4.79 Å². The number of likely N-dealkylation sites (tertiary alicyclic amines) is 1. The number of aromatic nitrogens is 2. The standard InChI is InChI=1S/C25H21N3O3/c29-22-19-15-26-12-8-20(19)25(31-22)11-13-28(16-25)23(30)24(9-10-24)18-6-7-21(27-14-18)17-4-2-1-3-5-17/h1-8,12,14-15H,9-11,13,16H2. The third-order valence-corrected chi connectivity index (χ3v) is 6.88. The van der Waals surface area contributed by atoms with Crippen molar-refractivity contribution in [1.29, 1.82) is 0 Å². The van der Waals surface area contributed by atoms with E-state index >= 15 is 0 Å². The molecule has 154 valence electrons. The molecule has 0 N–H and O–H groups in total. The van der Waals surface area contributed by atoms with Gasteiger partial charge < -0.3 is 9.64 Å². The van der Waals surface area contributed by atoms with Gasteiger partial charge in [-0.15, -0.1) is 0 Å². The van der Waals surface area contributed by atoms with E-state index in [4.69, 9.17) is 4.74 Å². The van der Waals surface area contributed by atoms with Gasteiger partial charge in [0.1, 0.15) is 0 Å². The predicted octanol–water partition coefficient (Wildman–Crippen LogP) is 3.47. The summed E-state index contributed by atoms with van der Waals surface area (Å²) in [6, 6.07) is 15.9. The minimum Gasteiger partial charge on any atom is -0.449 e. The van der Waals surface area contributed by atoms with Crippen LogP contribution >= 0.6 is 0 Å². The fraction of sp³-hybridized carbons (Fsp3) is 0.280. The van der Waals surface area contributed by atoms with Gasteiger partial charge in [0.15, 0.2) is 5.60 Å². The molecular weight excluding hydrogens is 390 g/mol. The zero-order valence-electron chi connectivity index (χ0n) is 17.0. The summed E-state index contributed by atoms with van der Waals surface area (Å²) in [5.74, 6) is -0.239. The molecule has 0 radical (unpaired) electrons. The number of nitrogens with zero attached hydrogens (tertiary/aromatic N) is 3. The van der Waals surface area contributed by atoms with Crippen LogP contribution in [0.2, 0.25) is 0 Å². The Morgan fingerprint density at radius 3 is 2.58 bits per heavy atom. The minimum atomic E-state index is -0.740. The number of ether oxygens (including phenoxy) is 1. The topological polar surface area (TPSA) is 72.4 Å². The normalized spacial score (nSPS) is 23.0. The lowest BCUT2D eigenvalue weighted by atomic mass is 9.92. The van der Waals surface area contributed by atoms with E-state index in [1.54, 1.807) is 12.4 Å². The number of carbonyl (C=O) groups excluding carboxylic acids is 2. The molecule has 1 aliphatic carbocycles. The van der Waals surface area contributed by atoms with E-state index in [0.29, 0.717) is 25.1 Å². The fourth-order valence-corrected chi connectivity index (χ4v) is 5.01. The number of hydrogen-bond acceptors (Lipinski definition) is 5. The van der Waals surface area contributed by atoms with Crippen molar-refractivity contribution >= 4 is 11.9 Å². The highest BCUT2D eigenvalue weighted by molar-refractivity contribution is 5.95. The van der Waals surface area contributed by atoms with Crippen LogP contribution in [0.25, 0.3) is 11.3 Å². The smallest absolute Gasteiger partial charge is 0.341 e. The van der Waals surface area contributed by atoms with Gasteiger partial charge in [-0.1, -0.05) is 36.4 Å². The molecule has 3 aliphatic rings. The summed E-state index contributed by atoms with van der Waals surface area (Å²) >= 11 is 0. The first-order valence-corrected chi connectivity index (χ1v) is 10.6. The highest BCUT2D eigenvalue weighted by Crippen LogP contribution is 2.52. The van der Waals surface area contributed by atoms with Gasteiger partial charge in [-0.3, -0.25) is 14.8 Å². The maximum Gasteiger partial charge on any atom is 0.341 e. The van der Waals surface area contributed by atoms with Gasteiger partial charge in [0.05, 0.1) is 23.2 Å². The molecule has 2 fully saturated rings. The van der Waals surface area contributed by atoms with Gasteiger partial charge in [0.2, 0.25) is 5.91 Å². The van der Waals surface area contributed by atoms with Crippen LogP contribution < -0.4 is 0 Å². The summed E-state index contributed by atoms with van der Waals surface area (Å²) in [6.45, 7) is 0.969. The molecule has 1 aromatic carbocycles. The SMILES string of the molecule is O=C1OC2(CCN(C(=O)C3(c4ccc(-c5ccccc5)nc4)CC3)C2)c2ccncc21. The quantitative estimate of drug-likeness (QED) is 0.617. The van der Waals surface area contributed by atoms with Crippen molar-refractivity contribution in [3.63, 3.8) is 0 Å². The summed E-state index contributed by atoms with van der Waals surface area (Å²) in [5.41, 5.74) is 3.04. The van der Waals surface area contributed by atoms with Gasteiger partial charge in [0.25, 0.3) is 0 Å². The molecule has 31 heavy (non-hydrogen) atoms. The van der Waals surface area contributed by atoms with E-state index in [1.807, 2.05) is 59.6 Å². The van der Waals surface area contributed by atoms with E-state index in [0.717, 1.165) is 35.2 Å². The number of fused-ring (bicyclic) bond motifs is 2. The van der Waals surface area contributed by atoms with Crippen molar-refractivity contribution in [2.24, 2.45) is 0 Å². The second-order valence-corrected chi connectivity index (χ2v) is 8.66. The third kappa shape index (κ3) is 2.71. The molecule has 2 aromatic heterocycles. The summed E-state index contributed by atoms with van der Waals surface area (Å²) in [7, 11) is 0. The molecule has 6 heteroatoms. The molecule has 1 saturated heterocycles. The Labute approximate surface area is 179 Å². The summed E-state index contributed by atoms with van der Waals surface area (Å²) in [5, 5.41) is 0. The van der Waals surface area contributed by atoms with Crippen LogP contribution in [0.1, 0.15) is 40.7 Å². The van der Waals surface area contributed by atoms with Crippen LogP contribution in [-0.2, 0) is 20.5 Å². The van der Waals surface area contributed by atoms with Crippen LogP contribution in [0.5, 0.6) is 0 Å². The van der Waals surface area contributed by atoms with E-state index in [2.05, 4.69) is 9.97 Å². The molecule has 3 aromatic rings. The first-order chi connectivity index (χ1) is 15.1. The second kappa shape index (κ2) is 6.48. The highest BCUT2D eigenvalue weighted by Gasteiger charge is 2.57. The molecule has 0 bridgehead atoms. The number of esters is 1. The van der Waals surface area contributed by atoms with E-state index in [9.17, 15) is 9.59 Å². The van der Waals surface area contributed by atoms with Crippen molar-refractivity contribution in [3.8, 4) is 11.3 Å². The number of hydrogen-bond donors (Lipinski definition) is 0. The van der Waals surface area contributed by atoms with Crippen LogP contribution in [0, 0.1) is 0 Å². The lowest BCUT2D eigenvalue weighted by Crippen LogP contribution is -2.40. The molecule has 6 nitrogen and oxygen atoms in total. The summed E-state index contributed by atoms with van der Waals surface area (Å²) in [6.07, 6.45) is 7.33. The van der Waals surface area contributed by atoms with Crippen LogP contribution in [0.4, 0.5) is 0 Å². The molecule has 2 aliphatic heterocycles. The predicted molar refractivity (Wildman–Crippen MR) is 113 cm³/mol. The van der Waals surface area contributed by atoms with Crippen molar-refractivity contribution < 1.29 is 14.3 Å². The van der Waals surface area contributed by atoms with Crippen molar-refractivity contribution in [2.75, 3.05) is 13.1 Å². The zero-order valence-corrected chi connectivity index (χ0v) is 17.0. The number of carbonyl (C=O) groups is 2. The fourth-order valence-electron chi connectivity index (χ4n) is 5.01.